The second-order valence-electron chi connectivity index (χ2n) is 3.38. The molecule has 0 bridgehead atoms. The maximum atomic E-state index is 11.3. The maximum Gasteiger partial charge on any atom is 0.313 e. The smallest absolute Gasteiger partial charge is 0.313 e. The van der Waals surface area contributed by atoms with Gasteiger partial charge in [-0.1, -0.05) is 5.16 Å². The number of hydrogen-bond acceptors (Lipinski definition) is 6. The Hall–Kier alpha value is -1.93. The molecule has 8 heteroatoms. The lowest BCUT2D eigenvalue weighted by atomic mass is 10.2. The molecule has 0 saturated heterocycles. The van der Waals surface area contributed by atoms with Gasteiger partial charge >= 0.3 is 5.91 Å². The van der Waals surface area contributed by atoms with E-state index in [1.54, 1.807) is 14.0 Å². The van der Waals surface area contributed by atoms with Crippen molar-refractivity contribution in [2.24, 2.45) is 0 Å². The molecule has 4 N–H and O–H groups in total. The highest BCUT2D eigenvalue weighted by molar-refractivity contribution is 5.90. The lowest BCUT2D eigenvalue weighted by molar-refractivity contribution is -0.120. The molecule has 0 radical (unpaired) electrons. The molecule has 1 aromatic rings. The molecule has 1 atom stereocenters. The molecule has 0 fully saturated rings. The summed E-state index contributed by atoms with van der Waals surface area (Å²) >= 11 is 0. The number of carbonyl (C=O) groups is 2. The fourth-order valence-corrected chi connectivity index (χ4v) is 1.18. The van der Waals surface area contributed by atoms with Crippen molar-refractivity contribution in [1.29, 1.82) is 0 Å². The first-order valence-corrected chi connectivity index (χ1v) is 4.93. The number of hydrogen-bond donors (Lipinski definition) is 4. The molecule has 0 spiro atoms. The van der Waals surface area contributed by atoms with E-state index in [4.69, 9.17) is 9.73 Å². The monoisotopic (exact) mass is 242 g/mol. The Morgan fingerprint density at radius 2 is 2.29 bits per heavy atom. The third kappa shape index (κ3) is 3.54. The van der Waals surface area contributed by atoms with Gasteiger partial charge in [0.15, 0.2) is 0 Å². The van der Waals surface area contributed by atoms with E-state index < -0.39 is 5.91 Å². The van der Waals surface area contributed by atoms with Crippen LogP contribution in [0.15, 0.2) is 10.6 Å². The Kier molecular flexibility index (Phi) is 4.61. The van der Waals surface area contributed by atoms with Gasteiger partial charge in [0, 0.05) is 6.07 Å². The summed E-state index contributed by atoms with van der Waals surface area (Å²) in [5, 5.41) is 17.4. The zero-order chi connectivity index (χ0) is 12.8. The zero-order valence-corrected chi connectivity index (χ0v) is 9.48. The molecule has 8 nitrogen and oxygen atoms in total. The van der Waals surface area contributed by atoms with Crippen LogP contribution in [0, 0.1) is 0 Å². The minimum absolute atomic E-state index is 0.128. The highest BCUT2D eigenvalue weighted by Gasteiger charge is 2.17. The number of rotatable bonds is 5. The van der Waals surface area contributed by atoms with Crippen LogP contribution in [0.1, 0.15) is 29.2 Å². The Morgan fingerprint density at radius 3 is 2.88 bits per heavy atom. The van der Waals surface area contributed by atoms with Crippen LogP contribution in [0.25, 0.3) is 0 Å². The summed E-state index contributed by atoms with van der Waals surface area (Å²) in [6.07, 6.45) is 0. The minimum atomic E-state index is -0.794. The van der Waals surface area contributed by atoms with Gasteiger partial charge in [0.25, 0.3) is 0 Å². The molecule has 0 aromatic carbocycles. The second kappa shape index (κ2) is 5.97. The van der Waals surface area contributed by atoms with Crippen molar-refractivity contribution in [3.05, 3.63) is 17.5 Å². The van der Waals surface area contributed by atoms with Gasteiger partial charge in [0.1, 0.15) is 5.69 Å². The SMILES string of the molecule is CNCC(=O)NC(C)c1cc(C(=O)NO)on1. The van der Waals surface area contributed by atoms with E-state index in [-0.39, 0.29) is 24.3 Å². The summed E-state index contributed by atoms with van der Waals surface area (Å²) in [4.78, 5) is 22.3. The van der Waals surface area contributed by atoms with Crippen molar-refractivity contribution >= 4 is 11.8 Å². The van der Waals surface area contributed by atoms with Crippen LogP contribution in [0.3, 0.4) is 0 Å². The topological polar surface area (TPSA) is 116 Å². The van der Waals surface area contributed by atoms with Gasteiger partial charge < -0.3 is 15.2 Å². The normalized spacial score (nSPS) is 11.9. The van der Waals surface area contributed by atoms with Gasteiger partial charge in [0.2, 0.25) is 11.7 Å². The van der Waals surface area contributed by atoms with Gasteiger partial charge in [-0.2, -0.15) is 0 Å². The molecule has 1 unspecified atom stereocenters. The zero-order valence-electron chi connectivity index (χ0n) is 9.48. The largest absolute Gasteiger partial charge is 0.351 e. The Balaban J connectivity index is 2.63. The molecular weight excluding hydrogens is 228 g/mol. The van der Waals surface area contributed by atoms with Gasteiger partial charge in [-0.3, -0.25) is 14.8 Å². The first-order chi connectivity index (χ1) is 8.08. The van der Waals surface area contributed by atoms with Crippen LogP contribution < -0.4 is 16.1 Å². The lowest BCUT2D eigenvalue weighted by Crippen LogP contribution is -2.34. The highest BCUT2D eigenvalue weighted by atomic mass is 16.5. The lowest BCUT2D eigenvalue weighted by Gasteiger charge is -2.09. The number of carbonyl (C=O) groups excluding carboxylic acids is 2. The standard InChI is InChI=1S/C9H14N4O4/c1-5(11-8(14)4-10-2)6-3-7(17-13-6)9(15)12-16/h3,5,10,16H,4H2,1-2H3,(H,11,14)(H,12,15). The van der Waals surface area contributed by atoms with Crippen molar-refractivity contribution in [2.45, 2.75) is 13.0 Å². The van der Waals surface area contributed by atoms with E-state index in [2.05, 4.69) is 15.8 Å². The summed E-state index contributed by atoms with van der Waals surface area (Å²) in [7, 11) is 1.66. The Morgan fingerprint density at radius 1 is 1.59 bits per heavy atom. The second-order valence-corrected chi connectivity index (χ2v) is 3.38. The van der Waals surface area contributed by atoms with Crippen molar-refractivity contribution in [3.63, 3.8) is 0 Å². The Bertz CT molecular complexity index is 403. The molecule has 0 aliphatic rings. The number of amides is 2. The van der Waals surface area contributed by atoms with Crippen LogP contribution in [0.4, 0.5) is 0 Å². The molecule has 1 rings (SSSR count). The molecular formula is C9H14N4O4. The third-order valence-corrected chi connectivity index (χ3v) is 2.01. The van der Waals surface area contributed by atoms with Gasteiger partial charge in [-0.05, 0) is 14.0 Å². The molecule has 1 heterocycles. The predicted octanol–water partition coefficient (Wildman–Crippen LogP) is -0.810. The minimum Gasteiger partial charge on any atom is -0.351 e. The van der Waals surface area contributed by atoms with Crippen LogP contribution >= 0.6 is 0 Å². The van der Waals surface area contributed by atoms with Crippen LogP contribution in [0.2, 0.25) is 0 Å². The number of likely N-dealkylation sites (N-methyl/N-ethyl adjacent to an activating group) is 1. The summed E-state index contributed by atoms with van der Waals surface area (Å²) in [6.45, 7) is 1.89. The summed E-state index contributed by atoms with van der Waals surface area (Å²) in [6, 6.07) is 0.954. The average molecular weight is 242 g/mol. The Labute approximate surface area is 97.3 Å². The van der Waals surface area contributed by atoms with Gasteiger partial charge in [-0.15, -0.1) is 0 Å². The number of nitrogens with one attached hydrogen (secondary N) is 3. The van der Waals surface area contributed by atoms with Crippen molar-refractivity contribution in [2.75, 3.05) is 13.6 Å². The molecule has 0 aliphatic heterocycles. The fourth-order valence-electron chi connectivity index (χ4n) is 1.18. The van der Waals surface area contributed by atoms with E-state index in [0.29, 0.717) is 5.69 Å². The first kappa shape index (κ1) is 13.1. The molecule has 2 amide bonds. The number of aromatic nitrogens is 1. The summed E-state index contributed by atoms with van der Waals surface area (Å²) in [5.74, 6) is -1.12. The predicted molar refractivity (Wildman–Crippen MR) is 56.2 cm³/mol. The van der Waals surface area contributed by atoms with Crippen LogP contribution in [-0.4, -0.2) is 35.8 Å². The quantitative estimate of drug-likeness (QED) is 0.396. The van der Waals surface area contributed by atoms with Crippen molar-refractivity contribution in [1.82, 2.24) is 21.3 Å². The van der Waals surface area contributed by atoms with E-state index in [1.165, 1.54) is 11.5 Å². The van der Waals surface area contributed by atoms with E-state index in [9.17, 15) is 9.59 Å². The van der Waals surface area contributed by atoms with Crippen LogP contribution in [0.5, 0.6) is 0 Å². The molecule has 0 saturated carbocycles. The van der Waals surface area contributed by atoms with E-state index >= 15 is 0 Å². The van der Waals surface area contributed by atoms with E-state index in [1.807, 2.05) is 0 Å². The van der Waals surface area contributed by atoms with E-state index in [0.717, 1.165) is 0 Å². The van der Waals surface area contributed by atoms with Crippen molar-refractivity contribution in [3.8, 4) is 0 Å². The molecule has 94 valence electrons. The number of hydroxylamine groups is 1. The van der Waals surface area contributed by atoms with Crippen molar-refractivity contribution < 1.29 is 19.3 Å². The molecule has 0 aliphatic carbocycles. The third-order valence-electron chi connectivity index (χ3n) is 2.01. The first-order valence-electron chi connectivity index (χ1n) is 4.93. The number of nitrogens with zero attached hydrogens (tertiary/aromatic N) is 1. The average Bonchev–Trinajstić information content (AvgIpc) is 2.77. The van der Waals surface area contributed by atoms with Gasteiger partial charge in [0.05, 0.1) is 12.6 Å². The molecule has 17 heavy (non-hydrogen) atoms. The highest BCUT2D eigenvalue weighted by Crippen LogP contribution is 2.12. The maximum absolute atomic E-state index is 11.3. The fraction of sp³-hybridized carbons (Fsp3) is 0.444. The van der Waals surface area contributed by atoms with Gasteiger partial charge in [-0.25, -0.2) is 5.48 Å². The summed E-state index contributed by atoms with van der Waals surface area (Å²) in [5.41, 5.74) is 1.82. The van der Waals surface area contributed by atoms with Crippen LogP contribution in [-0.2, 0) is 4.79 Å². The summed E-state index contributed by atoms with van der Waals surface area (Å²) < 4.78 is 4.69. The molecule has 1 aromatic heterocycles.